The third-order valence-electron chi connectivity index (χ3n) is 3.39. The molecule has 2 aromatic heterocycles. The molecule has 2 aromatic carbocycles. The normalized spacial score (nSPS) is 10.8. The number of benzene rings is 2. The third-order valence-corrected chi connectivity index (χ3v) is 4.29. The highest BCUT2D eigenvalue weighted by molar-refractivity contribution is 7.99. The number of rotatable bonds is 4. The van der Waals surface area contributed by atoms with Crippen molar-refractivity contribution in [2.24, 2.45) is 0 Å². The van der Waals surface area contributed by atoms with E-state index in [1.165, 1.54) is 0 Å². The van der Waals surface area contributed by atoms with Gasteiger partial charge in [-0.05, 0) is 24.3 Å². The second-order valence-corrected chi connectivity index (χ2v) is 6.16. The van der Waals surface area contributed by atoms with Crippen LogP contribution in [0.1, 0.15) is 0 Å². The maximum atomic E-state index is 4.42. The van der Waals surface area contributed by atoms with Crippen molar-refractivity contribution in [1.29, 1.82) is 0 Å². The van der Waals surface area contributed by atoms with Gasteiger partial charge in [-0.25, -0.2) is 9.36 Å². The molecular formula is C18H14N4S. The zero-order valence-electron chi connectivity index (χ0n) is 12.3. The highest BCUT2D eigenvalue weighted by Crippen LogP contribution is 2.28. The predicted octanol–water partition coefficient (Wildman–Crippen LogP) is 4.21. The standard InChI is InChI=1S/C18H14N4S/c1-3-7-15(8-4-1)21-13-17(11-19-21)23-18-12-20-22(14-18)16-9-5-2-6-10-16/h1-14H. The molecule has 4 rings (SSSR count). The molecule has 0 amide bonds. The molecule has 0 fully saturated rings. The van der Waals surface area contributed by atoms with E-state index in [9.17, 15) is 0 Å². The van der Waals surface area contributed by atoms with Gasteiger partial charge in [0.15, 0.2) is 0 Å². The van der Waals surface area contributed by atoms with Crippen molar-refractivity contribution in [1.82, 2.24) is 19.6 Å². The number of para-hydroxylation sites is 2. The van der Waals surface area contributed by atoms with Gasteiger partial charge >= 0.3 is 0 Å². The number of hydrogen-bond acceptors (Lipinski definition) is 3. The van der Waals surface area contributed by atoms with Gasteiger partial charge < -0.3 is 0 Å². The number of hydrogen-bond donors (Lipinski definition) is 0. The zero-order valence-corrected chi connectivity index (χ0v) is 13.1. The van der Waals surface area contributed by atoms with E-state index in [1.807, 2.05) is 94.8 Å². The van der Waals surface area contributed by atoms with E-state index in [-0.39, 0.29) is 0 Å². The Morgan fingerprint density at radius 2 is 1.04 bits per heavy atom. The largest absolute Gasteiger partial charge is 0.240 e. The Kier molecular flexibility index (Phi) is 3.70. The van der Waals surface area contributed by atoms with Crippen molar-refractivity contribution in [2.75, 3.05) is 0 Å². The van der Waals surface area contributed by atoms with Crippen LogP contribution in [0.25, 0.3) is 11.4 Å². The van der Waals surface area contributed by atoms with Crippen LogP contribution in [0.15, 0.2) is 95.2 Å². The van der Waals surface area contributed by atoms with E-state index in [1.54, 1.807) is 11.8 Å². The average molecular weight is 318 g/mol. The minimum absolute atomic E-state index is 1.05. The van der Waals surface area contributed by atoms with Crippen LogP contribution in [0.5, 0.6) is 0 Å². The van der Waals surface area contributed by atoms with Crippen LogP contribution in [0.4, 0.5) is 0 Å². The fraction of sp³-hybridized carbons (Fsp3) is 0. The Balaban J connectivity index is 1.53. The van der Waals surface area contributed by atoms with Gasteiger partial charge in [-0.1, -0.05) is 48.2 Å². The minimum atomic E-state index is 1.05. The summed E-state index contributed by atoms with van der Waals surface area (Å²) in [7, 11) is 0. The first-order chi connectivity index (χ1) is 11.4. The quantitative estimate of drug-likeness (QED) is 0.565. The smallest absolute Gasteiger partial charge is 0.0646 e. The molecule has 0 aliphatic rings. The van der Waals surface area contributed by atoms with Gasteiger partial charge in [0.05, 0.1) is 33.6 Å². The van der Waals surface area contributed by atoms with Gasteiger partial charge in [0.1, 0.15) is 0 Å². The van der Waals surface area contributed by atoms with Crippen molar-refractivity contribution >= 4 is 11.8 Å². The van der Waals surface area contributed by atoms with Crippen molar-refractivity contribution < 1.29 is 0 Å². The average Bonchev–Trinajstić information content (AvgIpc) is 3.27. The third kappa shape index (κ3) is 3.05. The lowest BCUT2D eigenvalue weighted by Crippen LogP contribution is -1.92. The lowest BCUT2D eigenvalue weighted by atomic mass is 10.3. The fourth-order valence-corrected chi connectivity index (χ4v) is 3.07. The molecule has 0 radical (unpaired) electrons. The molecule has 0 unspecified atom stereocenters. The van der Waals surface area contributed by atoms with E-state index in [0.717, 1.165) is 21.2 Å². The summed E-state index contributed by atoms with van der Waals surface area (Å²) in [6, 6.07) is 20.2. The molecule has 0 N–H and O–H groups in total. The Hall–Kier alpha value is -2.79. The highest BCUT2D eigenvalue weighted by atomic mass is 32.2. The monoisotopic (exact) mass is 318 g/mol. The SMILES string of the molecule is c1ccc(-n2cc(Sc3cnn(-c4ccccc4)c3)cn2)cc1. The Bertz CT molecular complexity index is 821. The van der Waals surface area contributed by atoms with E-state index >= 15 is 0 Å². The fourth-order valence-electron chi connectivity index (χ4n) is 2.30. The van der Waals surface area contributed by atoms with Crippen molar-refractivity contribution in [3.8, 4) is 11.4 Å². The summed E-state index contributed by atoms with van der Waals surface area (Å²) in [5, 5.41) is 8.83. The molecule has 5 heteroatoms. The Morgan fingerprint density at radius 3 is 1.48 bits per heavy atom. The highest BCUT2D eigenvalue weighted by Gasteiger charge is 2.06. The molecule has 0 saturated heterocycles. The topological polar surface area (TPSA) is 35.6 Å². The van der Waals surface area contributed by atoms with Crippen LogP contribution in [0.2, 0.25) is 0 Å². The van der Waals surface area contributed by atoms with E-state index in [0.29, 0.717) is 0 Å². The van der Waals surface area contributed by atoms with Crippen LogP contribution < -0.4 is 0 Å². The van der Waals surface area contributed by atoms with Crippen molar-refractivity contribution in [3.63, 3.8) is 0 Å². The van der Waals surface area contributed by atoms with Gasteiger partial charge in [-0.3, -0.25) is 0 Å². The second kappa shape index (κ2) is 6.14. The van der Waals surface area contributed by atoms with Gasteiger partial charge in [0.25, 0.3) is 0 Å². The molecule has 4 aromatic rings. The lowest BCUT2D eigenvalue weighted by Gasteiger charge is -1.99. The van der Waals surface area contributed by atoms with Gasteiger partial charge in [-0.15, -0.1) is 0 Å². The van der Waals surface area contributed by atoms with Gasteiger partial charge in [0, 0.05) is 12.4 Å². The zero-order chi connectivity index (χ0) is 15.5. The van der Waals surface area contributed by atoms with Crippen LogP contribution >= 0.6 is 11.8 Å². The van der Waals surface area contributed by atoms with Gasteiger partial charge in [0.2, 0.25) is 0 Å². The maximum absolute atomic E-state index is 4.42. The first-order valence-corrected chi connectivity index (χ1v) is 8.08. The van der Waals surface area contributed by atoms with Gasteiger partial charge in [-0.2, -0.15) is 10.2 Å². The van der Waals surface area contributed by atoms with E-state index in [4.69, 9.17) is 0 Å². The lowest BCUT2D eigenvalue weighted by molar-refractivity contribution is 0.879. The summed E-state index contributed by atoms with van der Waals surface area (Å²) in [4.78, 5) is 2.17. The number of nitrogens with zero attached hydrogens (tertiary/aromatic N) is 4. The maximum Gasteiger partial charge on any atom is 0.0646 e. The Morgan fingerprint density at radius 1 is 0.609 bits per heavy atom. The Labute approximate surface area is 138 Å². The first-order valence-electron chi connectivity index (χ1n) is 7.26. The molecule has 0 aliphatic carbocycles. The molecule has 23 heavy (non-hydrogen) atoms. The minimum Gasteiger partial charge on any atom is -0.240 e. The molecule has 4 nitrogen and oxygen atoms in total. The summed E-state index contributed by atoms with van der Waals surface area (Å²) in [6.07, 6.45) is 7.80. The molecule has 0 spiro atoms. The van der Waals surface area contributed by atoms with Crippen LogP contribution in [0, 0.1) is 0 Å². The van der Waals surface area contributed by atoms with E-state index in [2.05, 4.69) is 10.2 Å². The molecule has 2 heterocycles. The summed E-state index contributed by atoms with van der Waals surface area (Å²) >= 11 is 1.65. The second-order valence-electron chi connectivity index (χ2n) is 5.01. The first kappa shape index (κ1) is 13.8. The molecule has 0 atom stereocenters. The molecular weight excluding hydrogens is 304 g/mol. The summed E-state index contributed by atoms with van der Waals surface area (Å²) < 4.78 is 3.76. The van der Waals surface area contributed by atoms with Crippen molar-refractivity contribution in [3.05, 3.63) is 85.5 Å². The van der Waals surface area contributed by atoms with Crippen molar-refractivity contribution in [2.45, 2.75) is 9.79 Å². The van der Waals surface area contributed by atoms with Crippen LogP contribution in [0.3, 0.4) is 0 Å². The molecule has 0 aliphatic heterocycles. The van der Waals surface area contributed by atoms with Crippen LogP contribution in [-0.2, 0) is 0 Å². The summed E-state index contributed by atoms with van der Waals surface area (Å²) in [5.41, 5.74) is 2.11. The molecule has 0 saturated carbocycles. The molecule has 0 bridgehead atoms. The van der Waals surface area contributed by atoms with E-state index < -0.39 is 0 Å². The molecule has 112 valence electrons. The van der Waals surface area contributed by atoms with Crippen LogP contribution in [-0.4, -0.2) is 19.6 Å². The summed E-state index contributed by atoms with van der Waals surface area (Å²) in [6.45, 7) is 0. The summed E-state index contributed by atoms with van der Waals surface area (Å²) in [5.74, 6) is 0. The predicted molar refractivity (Wildman–Crippen MR) is 91.3 cm³/mol. The number of aromatic nitrogens is 4.